The minimum atomic E-state index is -1.60. The SMILES string of the molecule is CC(C)Oc1ccc(CNC(=O)N(Cc2ccc(F)c(F)c2F)C2CCN(C(=O)O)CC2)cc1. The van der Waals surface area contributed by atoms with Crippen LogP contribution in [0.15, 0.2) is 36.4 Å². The molecule has 1 aliphatic rings. The van der Waals surface area contributed by atoms with E-state index in [1.54, 1.807) is 12.1 Å². The summed E-state index contributed by atoms with van der Waals surface area (Å²) >= 11 is 0. The Balaban J connectivity index is 1.72. The molecule has 0 atom stereocenters. The van der Waals surface area contributed by atoms with E-state index in [9.17, 15) is 27.9 Å². The Morgan fingerprint density at radius 2 is 1.74 bits per heavy atom. The summed E-state index contributed by atoms with van der Waals surface area (Å²) in [5.74, 6) is -3.55. The Morgan fingerprint density at radius 3 is 2.32 bits per heavy atom. The molecule has 0 aromatic heterocycles. The predicted octanol–water partition coefficient (Wildman–Crippen LogP) is 4.75. The van der Waals surface area contributed by atoms with Crippen LogP contribution in [0.5, 0.6) is 5.75 Å². The summed E-state index contributed by atoms with van der Waals surface area (Å²) in [6.07, 6.45) is -0.340. The molecule has 7 nitrogen and oxygen atoms in total. The molecule has 0 saturated carbocycles. The van der Waals surface area contributed by atoms with Crippen molar-refractivity contribution in [2.24, 2.45) is 0 Å². The summed E-state index contributed by atoms with van der Waals surface area (Å²) in [6, 6.07) is 8.21. The van der Waals surface area contributed by atoms with Gasteiger partial charge in [0.2, 0.25) is 0 Å². The third-order valence-corrected chi connectivity index (χ3v) is 5.63. The minimum absolute atomic E-state index is 0.0309. The molecule has 3 rings (SSSR count). The molecule has 0 radical (unpaired) electrons. The number of hydrogen-bond acceptors (Lipinski definition) is 3. The van der Waals surface area contributed by atoms with Gasteiger partial charge in [-0.25, -0.2) is 22.8 Å². The summed E-state index contributed by atoms with van der Waals surface area (Å²) < 4.78 is 47.0. The van der Waals surface area contributed by atoms with Crippen molar-refractivity contribution in [3.05, 3.63) is 65.0 Å². The van der Waals surface area contributed by atoms with Crippen LogP contribution in [-0.4, -0.2) is 52.3 Å². The van der Waals surface area contributed by atoms with E-state index in [0.29, 0.717) is 18.6 Å². The van der Waals surface area contributed by atoms with Crippen molar-refractivity contribution >= 4 is 12.1 Å². The van der Waals surface area contributed by atoms with E-state index in [1.165, 1.54) is 9.80 Å². The molecule has 184 valence electrons. The number of halogens is 3. The van der Waals surface area contributed by atoms with E-state index >= 15 is 0 Å². The Morgan fingerprint density at radius 1 is 1.09 bits per heavy atom. The van der Waals surface area contributed by atoms with Crippen molar-refractivity contribution in [3.63, 3.8) is 0 Å². The Bertz CT molecular complexity index is 1010. The maximum Gasteiger partial charge on any atom is 0.407 e. The number of nitrogens with zero attached hydrogens (tertiary/aromatic N) is 2. The lowest BCUT2D eigenvalue weighted by molar-refractivity contribution is 0.101. The van der Waals surface area contributed by atoms with E-state index in [0.717, 1.165) is 17.7 Å². The molecule has 1 heterocycles. The first-order valence-corrected chi connectivity index (χ1v) is 11.1. The summed E-state index contributed by atoms with van der Waals surface area (Å²) in [7, 11) is 0. The van der Waals surface area contributed by atoms with Crippen LogP contribution in [0.4, 0.5) is 22.8 Å². The molecule has 0 aliphatic carbocycles. The highest BCUT2D eigenvalue weighted by Gasteiger charge is 2.30. The highest BCUT2D eigenvalue weighted by atomic mass is 19.2. The molecule has 3 amide bonds. The first-order chi connectivity index (χ1) is 16.2. The van der Waals surface area contributed by atoms with Gasteiger partial charge < -0.3 is 25.0 Å². The fourth-order valence-corrected chi connectivity index (χ4v) is 3.84. The third kappa shape index (κ3) is 6.33. The molecule has 0 bridgehead atoms. The summed E-state index contributed by atoms with van der Waals surface area (Å²) in [6.45, 7) is 4.15. The second kappa shape index (κ2) is 11.1. The maximum atomic E-state index is 14.3. The lowest BCUT2D eigenvalue weighted by Gasteiger charge is -2.37. The molecule has 2 aromatic carbocycles. The number of benzene rings is 2. The molecule has 1 fully saturated rings. The van der Waals surface area contributed by atoms with Gasteiger partial charge in [0.1, 0.15) is 5.75 Å². The number of ether oxygens (including phenoxy) is 1. The molecule has 2 N–H and O–H groups in total. The van der Waals surface area contributed by atoms with Crippen molar-refractivity contribution in [2.75, 3.05) is 13.1 Å². The number of carbonyl (C=O) groups excluding carboxylic acids is 1. The Kier molecular flexibility index (Phi) is 8.25. The van der Waals surface area contributed by atoms with Gasteiger partial charge in [-0.2, -0.15) is 0 Å². The number of nitrogens with one attached hydrogen (secondary N) is 1. The number of carboxylic acid groups (broad SMARTS) is 1. The third-order valence-electron chi connectivity index (χ3n) is 5.63. The second-order valence-electron chi connectivity index (χ2n) is 8.43. The number of rotatable bonds is 7. The quantitative estimate of drug-likeness (QED) is 0.562. The van der Waals surface area contributed by atoms with Crippen molar-refractivity contribution in [1.82, 2.24) is 15.1 Å². The molecular weight excluding hydrogens is 451 g/mol. The van der Waals surface area contributed by atoms with Gasteiger partial charge in [0.05, 0.1) is 12.6 Å². The summed E-state index contributed by atoms with van der Waals surface area (Å²) in [5, 5.41) is 12.0. The van der Waals surface area contributed by atoms with Crippen molar-refractivity contribution in [1.29, 1.82) is 0 Å². The minimum Gasteiger partial charge on any atom is -0.491 e. The zero-order valence-electron chi connectivity index (χ0n) is 19.1. The van der Waals surface area contributed by atoms with Gasteiger partial charge in [-0.3, -0.25) is 0 Å². The monoisotopic (exact) mass is 479 g/mol. The van der Waals surface area contributed by atoms with Crippen molar-refractivity contribution in [2.45, 2.75) is 51.9 Å². The van der Waals surface area contributed by atoms with Gasteiger partial charge in [-0.15, -0.1) is 0 Å². The number of carbonyl (C=O) groups is 2. The van der Waals surface area contributed by atoms with Gasteiger partial charge in [-0.05, 0) is 50.5 Å². The number of hydrogen-bond donors (Lipinski definition) is 2. The fourth-order valence-electron chi connectivity index (χ4n) is 3.84. The fraction of sp³-hybridized carbons (Fsp3) is 0.417. The topological polar surface area (TPSA) is 82.1 Å². The van der Waals surface area contributed by atoms with E-state index < -0.39 is 35.6 Å². The average molecular weight is 479 g/mol. The Hall–Kier alpha value is -3.43. The van der Waals surface area contributed by atoms with Crippen LogP contribution in [-0.2, 0) is 13.1 Å². The first kappa shape index (κ1) is 25.2. The van der Waals surface area contributed by atoms with Gasteiger partial charge in [0, 0.05) is 31.2 Å². The highest BCUT2D eigenvalue weighted by Crippen LogP contribution is 2.23. The van der Waals surface area contributed by atoms with Crippen molar-refractivity contribution < 1.29 is 32.6 Å². The van der Waals surface area contributed by atoms with Crippen LogP contribution in [0.3, 0.4) is 0 Å². The molecular formula is C24H28F3N3O4. The summed E-state index contributed by atoms with van der Waals surface area (Å²) in [4.78, 5) is 26.9. The summed E-state index contributed by atoms with van der Waals surface area (Å²) in [5.41, 5.74) is 0.647. The molecule has 0 spiro atoms. The smallest absolute Gasteiger partial charge is 0.407 e. The lowest BCUT2D eigenvalue weighted by atomic mass is 10.0. The maximum absolute atomic E-state index is 14.3. The van der Waals surface area contributed by atoms with Crippen LogP contribution in [0, 0.1) is 17.5 Å². The number of likely N-dealkylation sites (tertiary alicyclic amines) is 1. The molecule has 1 aliphatic heterocycles. The normalized spacial score (nSPS) is 14.2. The van der Waals surface area contributed by atoms with Gasteiger partial charge in [0.25, 0.3) is 0 Å². The number of amides is 3. The van der Waals surface area contributed by atoms with Crippen LogP contribution in [0.2, 0.25) is 0 Å². The van der Waals surface area contributed by atoms with Crippen LogP contribution >= 0.6 is 0 Å². The van der Waals surface area contributed by atoms with E-state index in [-0.39, 0.29) is 37.8 Å². The van der Waals surface area contributed by atoms with E-state index in [1.807, 2.05) is 26.0 Å². The zero-order chi connectivity index (χ0) is 24.8. The standard InChI is InChI=1S/C24H28F3N3O4/c1-15(2)34-19-6-3-16(4-7-19)13-28-23(31)30(18-9-11-29(12-10-18)24(32)33)14-17-5-8-20(25)22(27)21(17)26/h3-8,15,18H,9-14H2,1-2H3,(H,28,31)(H,32,33). The predicted molar refractivity (Wildman–Crippen MR) is 119 cm³/mol. The largest absolute Gasteiger partial charge is 0.491 e. The van der Waals surface area contributed by atoms with Gasteiger partial charge >= 0.3 is 12.1 Å². The number of urea groups is 1. The molecule has 10 heteroatoms. The van der Waals surface area contributed by atoms with Crippen LogP contribution in [0.1, 0.15) is 37.8 Å². The number of piperidine rings is 1. The average Bonchev–Trinajstić information content (AvgIpc) is 2.81. The lowest BCUT2D eigenvalue weighted by Crippen LogP contribution is -2.51. The molecule has 0 unspecified atom stereocenters. The van der Waals surface area contributed by atoms with Crippen LogP contribution in [0.25, 0.3) is 0 Å². The zero-order valence-corrected chi connectivity index (χ0v) is 19.1. The van der Waals surface area contributed by atoms with E-state index in [4.69, 9.17) is 4.74 Å². The van der Waals surface area contributed by atoms with Crippen molar-refractivity contribution in [3.8, 4) is 5.75 Å². The molecule has 2 aromatic rings. The molecule has 1 saturated heterocycles. The van der Waals surface area contributed by atoms with Gasteiger partial charge in [0.15, 0.2) is 17.5 Å². The Labute approximate surface area is 196 Å². The highest BCUT2D eigenvalue weighted by molar-refractivity contribution is 5.74. The first-order valence-electron chi connectivity index (χ1n) is 11.1. The second-order valence-corrected chi connectivity index (χ2v) is 8.43. The van der Waals surface area contributed by atoms with Crippen LogP contribution < -0.4 is 10.1 Å². The molecule has 34 heavy (non-hydrogen) atoms. The van der Waals surface area contributed by atoms with E-state index in [2.05, 4.69) is 5.32 Å². The van der Waals surface area contributed by atoms with Gasteiger partial charge in [-0.1, -0.05) is 18.2 Å².